The Morgan fingerprint density at radius 1 is 1.07 bits per heavy atom. The molecule has 1 atom stereocenters. The Bertz CT molecular complexity index is 943. The van der Waals surface area contributed by atoms with Crippen LogP contribution < -0.4 is 5.32 Å². The number of carbonyl (C=O) groups is 1. The molecule has 6 heteroatoms. The maximum Gasteiger partial charge on any atom is 0.255 e. The number of carbonyl (C=O) groups excluding carboxylic acids is 1. The van der Waals surface area contributed by atoms with E-state index in [1.165, 1.54) is 5.56 Å². The molecule has 4 heterocycles. The zero-order valence-electron chi connectivity index (χ0n) is 15.9. The zero-order valence-corrected chi connectivity index (χ0v) is 15.9. The number of hydrogen-bond acceptors (Lipinski definition) is 5. The minimum absolute atomic E-state index is 0.0538. The molecule has 28 heavy (non-hydrogen) atoms. The normalized spacial score (nSPS) is 16.6. The highest BCUT2D eigenvalue weighted by Crippen LogP contribution is 2.29. The zero-order chi connectivity index (χ0) is 19.3. The number of aromatic nitrogens is 3. The van der Waals surface area contributed by atoms with Gasteiger partial charge in [-0.1, -0.05) is 6.07 Å². The van der Waals surface area contributed by atoms with E-state index in [4.69, 9.17) is 0 Å². The first kappa shape index (κ1) is 18.1. The lowest BCUT2D eigenvalue weighted by Crippen LogP contribution is -2.39. The number of rotatable bonds is 4. The van der Waals surface area contributed by atoms with Crippen LogP contribution in [0.1, 0.15) is 40.4 Å². The highest BCUT2D eigenvalue weighted by atomic mass is 16.2. The fraction of sp³-hybridized carbons (Fsp3) is 0.273. The van der Waals surface area contributed by atoms with Gasteiger partial charge in [0.1, 0.15) is 11.6 Å². The van der Waals surface area contributed by atoms with Crippen molar-refractivity contribution < 1.29 is 4.79 Å². The standard InChI is InChI=1S/C22H23N5O/c1-16-7-8-18(14-25-16)22(28)27-12-4-5-19(15-27)17-9-11-24-21(13-17)26-20-6-2-3-10-23-20/h2-3,6-11,13-14,19H,4-5,12,15H2,1H3,(H,23,24,26). The molecule has 4 rings (SSSR count). The van der Waals surface area contributed by atoms with Crippen molar-refractivity contribution in [2.45, 2.75) is 25.7 Å². The topological polar surface area (TPSA) is 71.0 Å². The van der Waals surface area contributed by atoms with Gasteiger partial charge in [-0.05, 0) is 61.7 Å². The molecule has 1 fully saturated rings. The summed E-state index contributed by atoms with van der Waals surface area (Å²) in [5.74, 6) is 1.88. The van der Waals surface area contributed by atoms with Crippen LogP contribution in [0.2, 0.25) is 0 Å². The van der Waals surface area contributed by atoms with E-state index in [1.807, 2.05) is 54.4 Å². The van der Waals surface area contributed by atoms with E-state index >= 15 is 0 Å². The predicted octanol–water partition coefficient (Wildman–Crippen LogP) is 3.94. The van der Waals surface area contributed by atoms with E-state index in [-0.39, 0.29) is 5.91 Å². The highest BCUT2D eigenvalue weighted by Gasteiger charge is 2.26. The summed E-state index contributed by atoms with van der Waals surface area (Å²) in [4.78, 5) is 27.7. The number of likely N-dealkylation sites (tertiary alicyclic amines) is 1. The van der Waals surface area contributed by atoms with E-state index in [2.05, 4.69) is 26.3 Å². The Kier molecular flexibility index (Phi) is 5.28. The quantitative estimate of drug-likeness (QED) is 0.750. The summed E-state index contributed by atoms with van der Waals surface area (Å²) in [6, 6.07) is 13.6. The fourth-order valence-electron chi connectivity index (χ4n) is 3.55. The second kappa shape index (κ2) is 8.17. The van der Waals surface area contributed by atoms with Crippen molar-refractivity contribution >= 4 is 17.5 Å². The van der Waals surface area contributed by atoms with Gasteiger partial charge in [-0.15, -0.1) is 0 Å². The first-order valence-electron chi connectivity index (χ1n) is 9.55. The summed E-state index contributed by atoms with van der Waals surface area (Å²) in [5, 5.41) is 3.24. The lowest BCUT2D eigenvalue weighted by Gasteiger charge is -2.33. The summed E-state index contributed by atoms with van der Waals surface area (Å²) >= 11 is 0. The van der Waals surface area contributed by atoms with Crippen LogP contribution in [0.25, 0.3) is 0 Å². The summed E-state index contributed by atoms with van der Waals surface area (Å²) in [6.07, 6.45) is 7.27. The average Bonchev–Trinajstić information content (AvgIpc) is 2.75. The SMILES string of the molecule is Cc1ccc(C(=O)N2CCCC(c3ccnc(Nc4ccccn4)c3)C2)cn1. The minimum atomic E-state index is 0.0538. The second-order valence-corrected chi connectivity index (χ2v) is 7.09. The number of amides is 1. The van der Waals surface area contributed by atoms with Crippen LogP contribution >= 0.6 is 0 Å². The number of hydrogen-bond donors (Lipinski definition) is 1. The number of aryl methyl sites for hydroxylation is 1. The van der Waals surface area contributed by atoms with Gasteiger partial charge in [-0.3, -0.25) is 9.78 Å². The number of nitrogens with zero attached hydrogens (tertiary/aromatic N) is 4. The lowest BCUT2D eigenvalue weighted by molar-refractivity contribution is 0.0706. The van der Waals surface area contributed by atoms with Crippen molar-refractivity contribution in [3.8, 4) is 0 Å². The van der Waals surface area contributed by atoms with Crippen LogP contribution in [-0.2, 0) is 0 Å². The number of piperidine rings is 1. The molecule has 1 aliphatic heterocycles. The van der Waals surface area contributed by atoms with Gasteiger partial charge in [0.05, 0.1) is 5.56 Å². The molecule has 1 N–H and O–H groups in total. The van der Waals surface area contributed by atoms with E-state index in [9.17, 15) is 4.79 Å². The van der Waals surface area contributed by atoms with Gasteiger partial charge in [0.15, 0.2) is 0 Å². The summed E-state index contributed by atoms with van der Waals surface area (Å²) < 4.78 is 0. The molecule has 1 unspecified atom stereocenters. The molecule has 3 aromatic heterocycles. The van der Waals surface area contributed by atoms with Crippen LogP contribution in [0, 0.1) is 6.92 Å². The van der Waals surface area contributed by atoms with Crippen molar-refractivity contribution in [2.24, 2.45) is 0 Å². The smallest absolute Gasteiger partial charge is 0.255 e. The largest absolute Gasteiger partial charge is 0.338 e. The van der Waals surface area contributed by atoms with Crippen molar-refractivity contribution in [1.29, 1.82) is 0 Å². The van der Waals surface area contributed by atoms with Gasteiger partial charge in [0.25, 0.3) is 5.91 Å². The van der Waals surface area contributed by atoms with E-state index in [0.717, 1.165) is 36.7 Å². The third-order valence-corrected chi connectivity index (χ3v) is 5.04. The molecular weight excluding hydrogens is 350 g/mol. The molecule has 1 amide bonds. The molecule has 142 valence electrons. The summed E-state index contributed by atoms with van der Waals surface area (Å²) in [6.45, 7) is 3.41. The van der Waals surface area contributed by atoms with Crippen LogP contribution in [0.4, 0.5) is 11.6 Å². The molecule has 0 aliphatic carbocycles. The summed E-state index contributed by atoms with van der Waals surface area (Å²) in [7, 11) is 0. The first-order chi connectivity index (χ1) is 13.7. The van der Waals surface area contributed by atoms with Crippen LogP contribution in [0.15, 0.2) is 61.1 Å². The van der Waals surface area contributed by atoms with Crippen LogP contribution in [0.5, 0.6) is 0 Å². The maximum atomic E-state index is 12.8. The van der Waals surface area contributed by atoms with Gasteiger partial charge in [-0.2, -0.15) is 0 Å². The minimum Gasteiger partial charge on any atom is -0.338 e. The van der Waals surface area contributed by atoms with Gasteiger partial charge >= 0.3 is 0 Å². The maximum absolute atomic E-state index is 12.8. The van der Waals surface area contributed by atoms with Gasteiger partial charge in [-0.25, -0.2) is 9.97 Å². The third-order valence-electron chi connectivity index (χ3n) is 5.04. The van der Waals surface area contributed by atoms with Crippen molar-refractivity contribution in [2.75, 3.05) is 18.4 Å². The molecule has 0 bridgehead atoms. The summed E-state index contributed by atoms with van der Waals surface area (Å²) in [5.41, 5.74) is 2.75. The molecule has 0 spiro atoms. The molecule has 1 aliphatic rings. The first-order valence-corrected chi connectivity index (χ1v) is 9.55. The fourth-order valence-corrected chi connectivity index (χ4v) is 3.55. The lowest BCUT2D eigenvalue weighted by atomic mass is 9.91. The Hall–Kier alpha value is -3.28. The highest BCUT2D eigenvalue weighted by molar-refractivity contribution is 5.94. The molecule has 3 aromatic rings. The molecule has 0 saturated carbocycles. The molecule has 0 aromatic carbocycles. The van der Waals surface area contributed by atoms with Crippen LogP contribution in [0.3, 0.4) is 0 Å². The number of nitrogens with one attached hydrogen (secondary N) is 1. The number of anilines is 2. The molecule has 0 radical (unpaired) electrons. The molecule has 1 saturated heterocycles. The molecular formula is C22H23N5O. The Balaban J connectivity index is 1.48. The van der Waals surface area contributed by atoms with Crippen molar-refractivity contribution in [3.63, 3.8) is 0 Å². The molecule has 6 nitrogen and oxygen atoms in total. The average molecular weight is 373 g/mol. The van der Waals surface area contributed by atoms with E-state index in [1.54, 1.807) is 12.4 Å². The number of pyridine rings is 3. The third kappa shape index (κ3) is 4.17. The predicted molar refractivity (Wildman–Crippen MR) is 109 cm³/mol. The van der Waals surface area contributed by atoms with Crippen molar-refractivity contribution in [1.82, 2.24) is 19.9 Å². The monoisotopic (exact) mass is 373 g/mol. The second-order valence-electron chi connectivity index (χ2n) is 7.09. The Morgan fingerprint density at radius 2 is 1.96 bits per heavy atom. The Labute approximate surface area is 164 Å². The van der Waals surface area contributed by atoms with Crippen LogP contribution in [-0.4, -0.2) is 38.8 Å². The van der Waals surface area contributed by atoms with Gasteiger partial charge in [0, 0.05) is 43.3 Å². The van der Waals surface area contributed by atoms with Gasteiger partial charge in [0.2, 0.25) is 0 Å². The Morgan fingerprint density at radius 3 is 2.75 bits per heavy atom. The van der Waals surface area contributed by atoms with Gasteiger partial charge < -0.3 is 10.2 Å². The van der Waals surface area contributed by atoms with E-state index < -0.39 is 0 Å². The van der Waals surface area contributed by atoms with E-state index in [0.29, 0.717) is 18.0 Å². The van der Waals surface area contributed by atoms with Crippen molar-refractivity contribution in [3.05, 3.63) is 77.9 Å².